The fourth-order valence-corrected chi connectivity index (χ4v) is 0.873. The summed E-state index contributed by atoms with van der Waals surface area (Å²) in [7, 11) is 3.65. The summed E-state index contributed by atoms with van der Waals surface area (Å²) >= 11 is 0. The van der Waals surface area contributed by atoms with Gasteiger partial charge in [0.2, 0.25) is 0 Å². The Morgan fingerprint density at radius 3 is 2.75 bits per heavy atom. The molecule has 0 fully saturated rings. The largest absolute Gasteiger partial charge is 0.384 e. The summed E-state index contributed by atoms with van der Waals surface area (Å²) in [5, 5.41) is 15.2. The van der Waals surface area contributed by atoms with Crippen LogP contribution >= 0.6 is 0 Å². The maximum absolute atomic E-state index is 10.6. The molecule has 0 spiro atoms. The van der Waals surface area contributed by atoms with Crippen molar-refractivity contribution in [3.05, 3.63) is 16.3 Å². The summed E-state index contributed by atoms with van der Waals surface area (Å²) in [5.74, 6) is 0.272. The molecule has 0 bridgehead atoms. The molecule has 0 aliphatic heterocycles. The lowest BCUT2D eigenvalue weighted by atomic mass is 10.3. The predicted octanol–water partition coefficient (Wildman–Crippen LogP) is -1.31. The average Bonchev–Trinajstić information content (AvgIpc) is 2.34. The van der Waals surface area contributed by atoms with Crippen molar-refractivity contribution in [1.82, 2.24) is 20.1 Å². The molecule has 1 unspecified atom stereocenters. The highest BCUT2D eigenvalue weighted by Gasteiger charge is 2.11. The highest BCUT2D eigenvalue weighted by molar-refractivity contribution is 4.87. The molecular formula is C6H12N4O2. The number of aromatic nitrogens is 3. The Balaban J connectivity index is 2.65. The Morgan fingerprint density at radius 2 is 2.33 bits per heavy atom. The molecule has 0 radical (unpaired) electrons. The van der Waals surface area contributed by atoms with E-state index in [4.69, 9.17) is 0 Å². The predicted molar refractivity (Wildman–Crippen MR) is 42.7 cm³/mol. The second-order valence-corrected chi connectivity index (χ2v) is 2.84. The van der Waals surface area contributed by atoms with Gasteiger partial charge >= 0.3 is 5.69 Å². The summed E-state index contributed by atoms with van der Waals surface area (Å²) in [4.78, 5) is 14.8. The molecule has 1 atom stereocenters. The molecule has 12 heavy (non-hydrogen) atoms. The van der Waals surface area contributed by atoms with Crippen LogP contribution in [0.15, 0.2) is 4.79 Å². The van der Waals surface area contributed by atoms with Crippen LogP contribution in [-0.4, -0.2) is 45.8 Å². The van der Waals surface area contributed by atoms with Crippen molar-refractivity contribution in [3.63, 3.8) is 0 Å². The molecule has 1 aromatic heterocycles. The van der Waals surface area contributed by atoms with Crippen molar-refractivity contribution in [2.75, 3.05) is 20.6 Å². The SMILES string of the molecule is CN(C)CC(O)c1n[nH]c(=O)[nH]1. The first-order chi connectivity index (χ1) is 5.59. The fraction of sp³-hybridized carbons (Fsp3) is 0.667. The number of likely N-dealkylation sites (N-methyl/N-ethyl adjacent to an activating group) is 1. The zero-order valence-corrected chi connectivity index (χ0v) is 7.03. The lowest BCUT2D eigenvalue weighted by molar-refractivity contribution is 0.130. The van der Waals surface area contributed by atoms with Crippen molar-refractivity contribution in [2.45, 2.75) is 6.10 Å². The van der Waals surface area contributed by atoms with E-state index in [2.05, 4.69) is 15.2 Å². The van der Waals surface area contributed by atoms with E-state index in [0.717, 1.165) is 0 Å². The van der Waals surface area contributed by atoms with Crippen LogP contribution in [-0.2, 0) is 0 Å². The summed E-state index contributed by atoms with van der Waals surface area (Å²) < 4.78 is 0. The highest BCUT2D eigenvalue weighted by atomic mass is 16.3. The number of hydrogen-bond acceptors (Lipinski definition) is 4. The highest BCUT2D eigenvalue weighted by Crippen LogP contribution is 2.03. The summed E-state index contributed by atoms with van der Waals surface area (Å²) in [5.41, 5.74) is -0.400. The minimum Gasteiger partial charge on any atom is -0.384 e. The van der Waals surface area contributed by atoms with Gasteiger partial charge < -0.3 is 10.0 Å². The third-order valence-electron chi connectivity index (χ3n) is 1.37. The van der Waals surface area contributed by atoms with Crippen molar-refractivity contribution in [2.24, 2.45) is 0 Å². The minimum absolute atomic E-state index is 0.272. The molecule has 0 aliphatic rings. The van der Waals surface area contributed by atoms with Crippen LogP contribution in [0.5, 0.6) is 0 Å². The van der Waals surface area contributed by atoms with Crippen LogP contribution in [0.25, 0.3) is 0 Å². The fourth-order valence-electron chi connectivity index (χ4n) is 0.873. The first kappa shape index (κ1) is 8.95. The number of rotatable bonds is 3. The second kappa shape index (κ2) is 3.51. The van der Waals surface area contributed by atoms with E-state index in [1.165, 1.54) is 0 Å². The van der Waals surface area contributed by atoms with E-state index in [1.807, 2.05) is 14.1 Å². The number of aromatic amines is 2. The molecule has 1 aromatic rings. The molecule has 3 N–H and O–H groups in total. The standard InChI is InChI=1S/C6H12N4O2/c1-10(2)3-4(11)5-7-6(12)9-8-5/h4,11H,3H2,1-2H3,(H2,7,8,9,12). The Morgan fingerprint density at radius 1 is 1.67 bits per heavy atom. The number of aliphatic hydroxyl groups is 1. The van der Waals surface area contributed by atoms with E-state index < -0.39 is 11.8 Å². The minimum atomic E-state index is -0.751. The molecule has 6 nitrogen and oxygen atoms in total. The topological polar surface area (TPSA) is 85.0 Å². The normalized spacial score (nSPS) is 13.7. The van der Waals surface area contributed by atoms with Gasteiger partial charge in [0.1, 0.15) is 6.10 Å². The summed E-state index contributed by atoms with van der Waals surface area (Å²) in [6.07, 6.45) is -0.751. The Kier molecular flexibility index (Phi) is 2.61. The Hall–Kier alpha value is -1.14. The van der Waals surface area contributed by atoms with Crippen molar-refractivity contribution >= 4 is 0 Å². The van der Waals surface area contributed by atoms with E-state index in [0.29, 0.717) is 6.54 Å². The number of hydrogen-bond donors (Lipinski definition) is 3. The number of aliphatic hydroxyl groups excluding tert-OH is 1. The smallest absolute Gasteiger partial charge is 0.340 e. The zero-order chi connectivity index (χ0) is 9.14. The van der Waals surface area contributed by atoms with Gasteiger partial charge in [0.15, 0.2) is 5.82 Å². The van der Waals surface area contributed by atoms with Crippen LogP contribution < -0.4 is 5.69 Å². The van der Waals surface area contributed by atoms with Crippen LogP contribution in [0.4, 0.5) is 0 Å². The molecule has 1 heterocycles. The maximum Gasteiger partial charge on any atom is 0.340 e. The second-order valence-electron chi connectivity index (χ2n) is 2.84. The number of nitrogens with zero attached hydrogens (tertiary/aromatic N) is 2. The van der Waals surface area contributed by atoms with Gasteiger partial charge in [0.25, 0.3) is 0 Å². The van der Waals surface area contributed by atoms with Gasteiger partial charge in [-0.05, 0) is 14.1 Å². The van der Waals surface area contributed by atoms with Crippen molar-refractivity contribution in [3.8, 4) is 0 Å². The third-order valence-corrected chi connectivity index (χ3v) is 1.37. The Labute approximate surface area is 69.2 Å². The molecule has 1 rings (SSSR count). The zero-order valence-electron chi connectivity index (χ0n) is 7.03. The van der Waals surface area contributed by atoms with Gasteiger partial charge in [-0.25, -0.2) is 9.89 Å². The van der Waals surface area contributed by atoms with Gasteiger partial charge in [-0.1, -0.05) is 0 Å². The first-order valence-corrected chi connectivity index (χ1v) is 3.57. The number of H-pyrrole nitrogens is 2. The van der Waals surface area contributed by atoms with E-state index in [1.54, 1.807) is 4.90 Å². The quantitative estimate of drug-likeness (QED) is 0.528. The molecule has 0 aromatic carbocycles. The molecular weight excluding hydrogens is 160 g/mol. The van der Waals surface area contributed by atoms with E-state index >= 15 is 0 Å². The monoisotopic (exact) mass is 172 g/mol. The molecule has 0 aliphatic carbocycles. The van der Waals surface area contributed by atoms with Crippen LogP contribution in [0.2, 0.25) is 0 Å². The van der Waals surface area contributed by atoms with Crippen molar-refractivity contribution in [1.29, 1.82) is 0 Å². The van der Waals surface area contributed by atoms with Crippen LogP contribution in [0.1, 0.15) is 11.9 Å². The third kappa shape index (κ3) is 2.18. The lowest BCUT2D eigenvalue weighted by Gasteiger charge is -2.12. The lowest BCUT2D eigenvalue weighted by Crippen LogP contribution is -2.21. The summed E-state index contributed by atoms with van der Waals surface area (Å²) in [6.45, 7) is 0.431. The molecule has 0 amide bonds. The Bertz CT molecular complexity index is 290. The summed E-state index contributed by atoms with van der Waals surface area (Å²) in [6, 6.07) is 0. The van der Waals surface area contributed by atoms with Gasteiger partial charge in [-0.2, -0.15) is 5.10 Å². The van der Waals surface area contributed by atoms with Crippen LogP contribution in [0, 0.1) is 0 Å². The maximum atomic E-state index is 10.6. The van der Waals surface area contributed by atoms with Gasteiger partial charge in [-0.15, -0.1) is 0 Å². The molecule has 6 heteroatoms. The van der Waals surface area contributed by atoms with E-state index in [-0.39, 0.29) is 5.82 Å². The van der Waals surface area contributed by atoms with Gasteiger partial charge in [-0.3, -0.25) is 4.98 Å². The first-order valence-electron chi connectivity index (χ1n) is 3.57. The van der Waals surface area contributed by atoms with Crippen LogP contribution in [0.3, 0.4) is 0 Å². The number of nitrogens with one attached hydrogen (secondary N) is 2. The van der Waals surface area contributed by atoms with Gasteiger partial charge in [0, 0.05) is 6.54 Å². The molecule has 0 saturated carbocycles. The molecule has 68 valence electrons. The van der Waals surface area contributed by atoms with Gasteiger partial charge in [0.05, 0.1) is 0 Å². The average molecular weight is 172 g/mol. The van der Waals surface area contributed by atoms with Crippen molar-refractivity contribution < 1.29 is 5.11 Å². The van der Waals surface area contributed by atoms with E-state index in [9.17, 15) is 9.90 Å². The molecule has 0 saturated heterocycles.